The van der Waals surface area contributed by atoms with Crippen molar-refractivity contribution in [3.8, 4) is 11.8 Å². The van der Waals surface area contributed by atoms with Gasteiger partial charge in [0.25, 0.3) is 5.91 Å². The summed E-state index contributed by atoms with van der Waals surface area (Å²) in [7, 11) is 0. The Morgan fingerprint density at radius 3 is 3.10 bits per heavy atom. The average molecular weight is 305 g/mol. The van der Waals surface area contributed by atoms with Gasteiger partial charge >= 0.3 is 0 Å². The van der Waals surface area contributed by atoms with Crippen molar-refractivity contribution in [2.24, 2.45) is 0 Å². The first-order valence-corrected chi connectivity index (χ1v) is 8.63. The third-order valence-electron chi connectivity index (χ3n) is 3.90. The van der Waals surface area contributed by atoms with Crippen LogP contribution in [0.15, 0.2) is 11.4 Å². The van der Waals surface area contributed by atoms with E-state index in [1.807, 2.05) is 11.4 Å². The van der Waals surface area contributed by atoms with Crippen LogP contribution in [-0.2, 0) is 0 Å². The van der Waals surface area contributed by atoms with Gasteiger partial charge in [-0.1, -0.05) is 31.6 Å². The van der Waals surface area contributed by atoms with E-state index in [1.165, 1.54) is 24.2 Å². The van der Waals surface area contributed by atoms with Crippen LogP contribution in [0.25, 0.3) is 0 Å². The Morgan fingerprint density at radius 2 is 2.33 bits per heavy atom. The number of carbonyl (C=O) groups excluding carboxylic acids is 1. The Kier molecular flexibility index (Phi) is 6.28. The third kappa shape index (κ3) is 4.33. The first-order chi connectivity index (χ1) is 10.3. The van der Waals surface area contributed by atoms with Gasteiger partial charge in [0.05, 0.1) is 17.0 Å². The highest BCUT2D eigenvalue weighted by Crippen LogP contribution is 2.23. The van der Waals surface area contributed by atoms with Crippen LogP contribution in [-0.4, -0.2) is 35.1 Å². The summed E-state index contributed by atoms with van der Waals surface area (Å²) in [5.74, 6) is 6.05. The molecule has 0 bridgehead atoms. The molecule has 1 fully saturated rings. The minimum absolute atomic E-state index is 0.0795. The number of hydrogen-bond donors (Lipinski definition) is 1. The molecule has 2 rings (SSSR count). The second-order valence-electron chi connectivity index (χ2n) is 5.38. The molecular formula is C17H23NO2S. The molecule has 1 aromatic heterocycles. The van der Waals surface area contributed by atoms with Crippen LogP contribution in [0, 0.1) is 11.8 Å². The van der Waals surface area contributed by atoms with Gasteiger partial charge in [0.15, 0.2) is 0 Å². The summed E-state index contributed by atoms with van der Waals surface area (Å²) in [5, 5.41) is 10.6. The van der Waals surface area contributed by atoms with Gasteiger partial charge in [0, 0.05) is 24.4 Å². The fourth-order valence-corrected chi connectivity index (χ4v) is 3.50. The van der Waals surface area contributed by atoms with E-state index in [1.54, 1.807) is 0 Å². The predicted molar refractivity (Wildman–Crippen MR) is 86.5 cm³/mol. The molecule has 1 N–H and O–H groups in total. The smallest absolute Gasteiger partial charge is 0.254 e. The Bertz CT molecular complexity index is 526. The zero-order valence-electron chi connectivity index (χ0n) is 12.6. The van der Waals surface area contributed by atoms with Crippen molar-refractivity contribution in [3.63, 3.8) is 0 Å². The number of likely N-dealkylation sites (tertiary alicyclic amines) is 1. The quantitative estimate of drug-likeness (QED) is 0.871. The molecule has 3 nitrogen and oxygen atoms in total. The maximum Gasteiger partial charge on any atom is 0.254 e. The summed E-state index contributed by atoms with van der Waals surface area (Å²) in [6, 6.07) is 2.26. The molecule has 1 aliphatic rings. The Morgan fingerprint density at radius 1 is 1.48 bits per heavy atom. The van der Waals surface area contributed by atoms with E-state index in [0.717, 1.165) is 36.2 Å². The summed E-state index contributed by atoms with van der Waals surface area (Å²) in [6.45, 7) is 3.12. The van der Waals surface area contributed by atoms with Crippen molar-refractivity contribution in [2.45, 2.75) is 51.5 Å². The number of aliphatic hydroxyl groups excluding tert-OH is 1. The monoisotopic (exact) mass is 305 g/mol. The van der Waals surface area contributed by atoms with Crippen LogP contribution in [0.3, 0.4) is 0 Å². The Hall–Kier alpha value is -1.31. The van der Waals surface area contributed by atoms with Crippen LogP contribution in [0.2, 0.25) is 0 Å². The van der Waals surface area contributed by atoms with E-state index >= 15 is 0 Å². The zero-order chi connectivity index (χ0) is 15.1. The van der Waals surface area contributed by atoms with Crippen molar-refractivity contribution < 1.29 is 9.90 Å². The lowest BCUT2D eigenvalue weighted by Gasteiger charge is -2.29. The molecule has 0 spiro atoms. The number of carbonyl (C=O) groups is 1. The summed E-state index contributed by atoms with van der Waals surface area (Å²) in [5.41, 5.74) is 0.758. The molecule has 1 amide bonds. The van der Waals surface area contributed by atoms with E-state index in [4.69, 9.17) is 5.11 Å². The van der Waals surface area contributed by atoms with Gasteiger partial charge in [-0.05, 0) is 25.3 Å². The van der Waals surface area contributed by atoms with Crippen LogP contribution < -0.4 is 0 Å². The molecule has 1 saturated heterocycles. The van der Waals surface area contributed by atoms with Crippen LogP contribution in [0.5, 0.6) is 0 Å². The second-order valence-corrected chi connectivity index (χ2v) is 6.30. The second kappa shape index (κ2) is 8.21. The average Bonchev–Trinajstić information content (AvgIpc) is 2.83. The molecule has 2 heterocycles. The fraction of sp³-hybridized carbons (Fsp3) is 0.588. The molecule has 114 valence electrons. The number of hydrogen-bond acceptors (Lipinski definition) is 3. The topological polar surface area (TPSA) is 40.5 Å². The fourth-order valence-electron chi connectivity index (χ4n) is 2.75. The zero-order valence-corrected chi connectivity index (χ0v) is 13.4. The highest BCUT2D eigenvalue weighted by atomic mass is 32.1. The van der Waals surface area contributed by atoms with Gasteiger partial charge in [-0.2, -0.15) is 0 Å². The van der Waals surface area contributed by atoms with Gasteiger partial charge in [0.1, 0.15) is 0 Å². The van der Waals surface area contributed by atoms with Crippen molar-refractivity contribution in [1.82, 2.24) is 4.90 Å². The Labute approximate surface area is 131 Å². The molecule has 0 aliphatic carbocycles. The maximum atomic E-state index is 12.7. The molecule has 1 atom stereocenters. The molecule has 0 radical (unpaired) electrons. The van der Waals surface area contributed by atoms with E-state index in [0.29, 0.717) is 12.5 Å². The van der Waals surface area contributed by atoms with Gasteiger partial charge in [-0.15, -0.1) is 11.3 Å². The summed E-state index contributed by atoms with van der Waals surface area (Å²) >= 11 is 1.50. The summed E-state index contributed by atoms with van der Waals surface area (Å²) in [4.78, 5) is 15.7. The van der Waals surface area contributed by atoms with Crippen molar-refractivity contribution >= 4 is 17.2 Å². The standard InChI is InChI=1S/C17H23NO2S/c1-2-15-8-4-3-6-10-18(15)17(20)14-12-16(21-13-14)9-5-7-11-19/h12-13,15,19H,2-4,6-8,10-11H2,1H3. The van der Waals surface area contributed by atoms with Gasteiger partial charge in [0.2, 0.25) is 0 Å². The number of amides is 1. The molecule has 0 aromatic carbocycles. The van der Waals surface area contributed by atoms with E-state index in [-0.39, 0.29) is 12.5 Å². The van der Waals surface area contributed by atoms with Crippen LogP contribution in [0.1, 0.15) is 60.7 Å². The largest absolute Gasteiger partial charge is 0.395 e. The van der Waals surface area contributed by atoms with Crippen LogP contribution >= 0.6 is 11.3 Å². The number of nitrogens with zero attached hydrogens (tertiary/aromatic N) is 1. The van der Waals surface area contributed by atoms with Gasteiger partial charge in [-0.25, -0.2) is 0 Å². The van der Waals surface area contributed by atoms with E-state index < -0.39 is 0 Å². The first kappa shape index (κ1) is 16.1. The SMILES string of the molecule is CCC1CCCCCN1C(=O)c1csc(C#CCCO)c1. The minimum atomic E-state index is 0.0795. The van der Waals surface area contributed by atoms with Crippen LogP contribution in [0.4, 0.5) is 0 Å². The van der Waals surface area contributed by atoms with Crippen molar-refractivity contribution in [1.29, 1.82) is 0 Å². The summed E-state index contributed by atoms with van der Waals surface area (Å²) < 4.78 is 0. The minimum Gasteiger partial charge on any atom is -0.395 e. The normalized spacial score (nSPS) is 18.8. The van der Waals surface area contributed by atoms with Crippen molar-refractivity contribution in [3.05, 3.63) is 21.9 Å². The number of rotatable bonds is 3. The lowest BCUT2D eigenvalue weighted by atomic mass is 10.1. The maximum absolute atomic E-state index is 12.7. The highest BCUT2D eigenvalue weighted by Gasteiger charge is 2.25. The molecule has 4 heteroatoms. The molecule has 1 aliphatic heterocycles. The first-order valence-electron chi connectivity index (χ1n) is 7.75. The highest BCUT2D eigenvalue weighted by molar-refractivity contribution is 7.10. The third-order valence-corrected chi connectivity index (χ3v) is 4.75. The van der Waals surface area contributed by atoms with Crippen molar-refractivity contribution in [2.75, 3.05) is 13.2 Å². The number of thiophene rings is 1. The molecule has 1 unspecified atom stereocenters. The predicted octanol–water partition coefficient (Wildman–Crippen LogP) is 3.28. The molecule has 21 heavy (non-hydrogen) atoms. The molecule has 0 saturated carbocycles. The Balaban J connectivity index is 2.09. The van der Waals surface area contributed by atoms with E-state index in [9.17, 15) is 4.79 Å². The van der Waals surface area contributed by atoms with Gasteiger partial charge in [-0.3, -0.25) is 4.79 Å². The molecular weight excluding hydrogens is 282 g/mol. The lowest BCUT2D eigenvalue weighted by molar-refractivity contribution is 0.0679. The summed E-state index contributed by atoms with van der Waals surface area (Å²) in [6.07, 6.45) is 6.18. The van der Waals surface area contributed by atoms with Gasteiger partial charge < -0.3 is 10.0 Å². The lowest BCUT2D eigenvalue weighted by Crippen LogP contribution is -2.39. The van der Waals surface area contributed by atoms with E-state index in [2.05, 4.69) is 23.7 Å². The number of aliphatic hydroxyl groups is 1. The molecule has 1 aromatic rings.